The van der Waals surface area contributed by atoms with E-state index in [2.05, 4.69) is 17.4 Å². The maximum atomic E-state index is 12.0. The molecule has 0 spiro atoms. The number of benzene rings is 1. The van der Waals surface area contributed by atoms with E-state index in [-0.39, 0.29) is 11.8 Å². The summed E-state index contributed by atoms with van der Waals surface area (Å²) in [4.78, 5) is 12.0. The Morgan fingerprint density at radius 3 is 2.44 bits per heavy atom. The number of carbonyl (C=O) groups is 1. The Bertz CT molecular complexity index is 378. The molecular formula is C15H22N2O. The lowest BCUT2D eigenvalue weighted by Crippen LogP contribution is -2.31. The molecule has 0 aliphatic heterocycles. The van der Waals surface area contributed by atoms with Crippen molar-refractivity contribution in [1.82, 2.24) is 5.32 Å². The van der Waals surface area contributed by atoms with E-state index in [4.69, 9.17) is 5.73 Å². The summed E-state index contributed by atoms with van der Waals surface area (Å²) in [5.74, 6) is 0.343. The zero-order valence-electron chi connectivity index (χ0n) is 10.8. The molecule has 0 saturated heterocycles. The molecule has 0 radical (unpaired) electrons. The van der Waals surface area contributed by atoms with Gasteiger partial charge in [-0.05, 0) is 43.4 Å². The fourth-order valence-corrected chi connectivity index (χ4v) is 2.55. The highest BCUT2D eigenvalue weighted by Crippen LogP contribution is 2.26. The van der Waals surface area contributed by atoms with E-state index < -0.39 is 0 Å². The molecule has 3 nitrogen and oxygen atoms in total. The second-order valence-electron chi connectivity index (χ2n) is 5.01. The van der Waals surface area contributed by atoms with Gasteiger partial charge in [-0.25, -0.2) is 0 Å². The Morgan fingerprint density at radius 2 is 1.83 bits per heavy atom. The van der Waals surface area contributed by atoms with E-state index in [0.717, 1.165) is 45.2 Å². The molecule has 0 saturated carbocycles. The van der Waals surface area contributed by atoms with Gasteiger partial charge in [-0.2, -0.15) is 0 Å². The van der Waals surface area contributed by atoms with Gasteiger partial charge in [-0.3, -0.25) is 4.79 Å². The maximum absolute atomic E-state index is 12.0. The predicted octanol–water partition coefficient (Wildman–Crippen LogP) is 1.65. The zero-order chi connectivity index (χ0) is 12.8. The lowest BCUT2D eigenvalue weighted by molar-refractivity contribution is -0.124. The SMILES string of the molecule is NCCCCCNC(=O)C1Cc2ccccc2C1. The molecule has 0 aromatic heterocycles. The quantitative estimate of drug-likeness (QED) is 0.750. The van der Waals surface area contributed by atoms with Crippen molar-refractivity contribution in [2.24, 2.45) is 11.7 Å². The number of carbonyl (C=O) groups excluding carboxylic acids is 1. The monoisotopic (exact) mass is 246 g/mol. The van der Waals surface area contributed by atoms with Crippen LogP contribution >= 0.6 is 0 Å². The molecule has 1 aliphatic carbocycles. The molecule has 3 heteroatoms. The Hall–Kier alpha value is -1.35. The smallest absolute Gasteiger partial charge is 0.223 e. The van der Waals surface area contributed by atoms with E-state index in [9.17, 15) is 4.79 Å². The first kappa shape index (κ1) is 13.1. The van der Waals surface area contributed by atoms with E-state index in [1.807, 2.05) is 12.1 Å². The summed E-state index contributed by atoms with van der Waals surface area (Å²) in [6.45, 7) is 1.53. The van der Waals surface area contributed by atoms with Gasteiger partial charge in [0.05, 0.1) is 0 Å². The molecule has 3 N–H and O–H groups in total. The van der Waals surface area contributed by atoms with Gasteiger partial charge in [0, 0.05) is 12.5 Å². The Kier molecular flexibility index (Phi) is 4.76. The number of unbranched alkanes of at least 4 members (excludes halogenated alkanes) is 2. The summed E-state index contributed by atoms with van der Waals surface area (Å²) in [7, 11) is 0. The van der Waals surface area contributed by atoms with Crippen LogP contribution < -0.4 is 11.1 Å². The van der Waals surface area contributed by atoms with Crippen molar-refractivity contribution in [2.45, 2.75) is 32.1 Å². The maximum Gasteiger partial charge on any atom is 0.223 e. The third-order valence-corrected chi connectivity index (χ3v) is 3.60. The van der Waals surface area contributed by atoms with Gasteiger partial charge in [-0.1, -0.05) is 30.7 Å². The molecule has 18 heavy (non-hydrogen) atoms. The van der Waals surface area contributed by atoms with Crippen LogP contribution in [-0.4, -0.2) is 19.0 Å². The van der Waals surface area contributed by atoms with Gasteiger partial charge in [0.15, 0.2) is 0 Å². The average Bonchev–Trinajstić information content (AvgIpc) is 2.82. The van der Waals surface area contributed by atoms with E-state index >= 15 is 0 Å². The number of hydrogen-bond acceptors (Lipinski definition) is 2. The lowest BCUT2D eigenvalue weighted by atomic mass is 10.1. The fourth-order valence-electron chi connectivity index (χ4n) is 2.55. The van der Waals surface area contributed by atoms with Crippen LogP contribution in [0, 0.1) is 5.92 Å². The zero-order valence-corrected chi connectivity index (χ0v) is 10.8. The number of hydrogen-bond donors (Lipinski definition) is 2. The Balaban J connectivity index is 1.72. The molecule has 0 heterocycles. The number of rotatable bonds is 6. The van der Waals surface area contributed by atoms with Crippen LogP contribution in [0.15, 0.2) is 24.3 Å². The second kappa shape index (κ2) is 6.55. The van der Waals surface area contributed by atoms with Crippen LogP contribution in [0.1, 0.15) is 30.4 Å². The van der Waals surface area contributed by atoms with Crippen LogP contribution in [0.2, 0.25) is 0 Å². The largest absolute Gasteiger partial charge is 0.356 e. The average molecular weight is 246 g/mol. The van der Waals surface area contributed by atoms with Gasteiger partial charge >= 0.3 is 0 Å². The molecule has 1 amide bonds. The summed E-state index contributed by atoms with van der Waals surface area (Å²) in [5, 5.41) is 3.04. The standard InChI is InChI=1S/C15H22N2O/c16-8-4-1-5-9-17-15(18)14-10-12-6-2-3-7-13(12)11-14/h2-3,6-7,14H,1,4-5,8-11,16H2,(H,17,18). The molecule has 0 unspecified atom stereocenters. The van der Waals surface area contributed by atoms with Crippen LogP contribution in [-0.2, 0) is 17.6 Å². The molecule has 1 aliphatic rings. The summed E-state index contributed by atoms with van der Waals surface area (Å²) in [5.41, 5.74) is 8.10. The third kappa shape index (κ3) is 3.33. The van der Waals surface area contributed by atoms with Gasteiger partial charge in [0.25, 0.3) is 0 Å². The molecule has 2 rings (SSSR count). The van der Waals surface area contributed by atoms with E-state index in [1.165, 1.54) is 11.1 Å². The minimum absolute atomic E-state index is 0.136. The van der Waals surface area contributed by atoms with Crippen LogP contribution in [0.3, 0.4) is 0 Å². The molecule has 0 fully saturated rings. The lowest BCUT2D eigenvalue weighted by Gasteiger charge is -2.10. The first-order chi connectivity index (χ1) is 8.81. The molecule has 98 valence electrons. The topological polar surface area (TPSA) is 55.1 Å². The van der Waals surface area contributed by atoms with Crippen molar-refractivity contribution in [3.05, 3.63) is 35.4 Å². The van der Waals surface area contributed by atoms with Gasteiger partial charge in [0.1, 0.15) is 0 Å². The van der Waals surface area contributed by atoms with E-state index in [0.29, 0.717) is 0 Å². The normalized spacial score (nSPS) is 14.5. The van der Waals surface area contributed by atoms with Crippen molar-refractivity contribution < 1.29 is 4.79 Å². The van der Waals surface area contributed by atoms with Gasteiger partial charge in [0.2, 0.25) is 5.91 Å². The van der Waals surface area contributed by atoms with Crippen molar-refractivity contribution in [1.29, 1.82) is 0 Å². The van der Waals surface area contributed by atoms with Crippen molar-refractivity contribution in [2.75, 3.05) is 13.1 Å². The minimum atomic E-state index is 0.136. The summed E-state index contributed by atoms with van der Waals surface area (Å²) < 4.78 is 0. The molecule has 1 aromatic carbocycles. The Morgan fingerprint density at radius 1 is 1.17 bits per heavy atom. The Labute approximate surface area is 109 Å². The first-order valence-electron chi connectivity index (χ1n) is 6.86. The predicted molar refractivity (Wildman–Crippen MR) is 73.3 cm³/mol. The number of nitrogens with two attached hydrogens (primary N) is 1. The van der Waals surface area contributed by atoms with E-state index in [1.54, 1.807) is 0 Å². The first-order valence-corrected chi connectivity index (χ1v) is 6.86. The summed E-state index contributed by atoms with van der Waals surface area (Å²) in [6.07, 6.45) is 4.96. The summed E-state index contributed by atoms with van der Waals surface area (Å²) in [6, 6.07) is 8.35. The number of amides is 1. The van der Waals surface area contributed by atoms with Crippen LogP contribution in [0.25, 0.3) is 0 Å². The second-order valence-corrected chi connectivity index (χ2v) is 5.01. The molecule has 1 aromatic rings. The highest BCUT2D eigenvalue weighted by Gasteiger charge is 2.26. The van der Waals surface area contributed by atoms with Crippen LogP contribution in [0.4, 0.5) is 0 Å². The highest BCUT2D eigenvalue weighted by molar-refractivity contribution is 5.80. The number of nitrogens with one attached hydrogen (secondary N) is 1. The van der Waals surface area contributed by atoms with Gasteiger partial charge in [-0.15, -0.1) is 0 Å². The van der Waals surface area contributed by atoms with Gasteiger partial charge < -0.3 is 11.1 Å². The summed E-state index contributed by atoms with van der Waals surface area (Å²) >= 11 is 0. The molecule has 0 bridgehead atoms. The van der Waals surface area contributed by atoms with Crippen molar-refractivity contribution >= 4 is 5.91 Å². The highest BCUT2D eigenvalue weighted by atomic mass is 16.1. The van der Waals surface area contributed by atoms with Crippen molar-refractivity contribution in [3.8, 4) is 0 Å². The molecular weight excluding hydrogens is 224 g/mol. The van der Waals surface area contributed by atoms with Crippen molar-refractivity contribution in [3.63, 3.8) is 0 Å². The fraction of sp³-hybridized carbons (Fsp3) is 0.533. The van der Waals surface area contributed by atoms with Crippen LogP contribution in [0.5, 0.6) is 0 Å². The number of fused-ring (bicyclic) bond motifs is 1. The molecule has 0 atom stereocenters. The minimum Gasteiger partial charge on any atom is -0.356 e. The third-order valence-electron chi connectivity index (χ3n) is 3.60.